The number of nitro benzene ring substituents is 1. The van der Waals surface area contributed by atoms with Crippen molar-refractivity contribution in [3.05, 3.63) is 28.3 Å². The smallest absolute Gasteiger partial charge is 0.320 e. The van der Waals surface area contributed by atoms with Crippen LogP contribution in [-0.2, 0) is 9.53 Å². The van der Waals surface area contributed by atoms with E-state index in [1.165, 1.54) is 19.2 Å². The van der Waals surface area contributed by atoms with Gasteiger partial charge >= 0.3 is 5.97 Å². The number of nitrogens with zero attached hydrogens (tertiary/aromatic N) is 2. The molecule has 1 heterocycles. The van der Waals surface area contributed by atoms with Gasteiger partial charge in [0.15, 0.2) is 0 Å². The third kappa shape index (κ3) is 5.32. The number of ether oxygens (including phenoxy) is 2. The van der Waals surface area contributed by atoms with Crippen molar-refractivity contribution in [1.29, 1.82) is 0 Å². The number of nitro groups is 1. The number of non-ortho nitro benzene ring substituents is 1. The Morgan fingerprint density at radius 3 is 2.92 bits per heavy atom. The van der Waals surface area contributed by atoms with Crippen LogP contribution in [0.25, 0.3) is 0 Å². The van der Waals surface area contributed by atoms with Crippen LogP contribution in [0, 0.1) is 10.1 Å². The molecule has 0 bridgehead atoms. The molecule has 1 aliphatic heterocycles. The largest absolute Gasteiger partial charge is 0.495 e. The van der Waals surface area contributed by atoms with Crippen LogP contribution in [0.5, 0.6) is 5.75 Å². The number of likely N-dealkylation sites (tertiary alicyclic amines) is 1. The van der Waals surface area contributed by atoms with E-state index >= 15 is 0 Å². The molecule has 8 heteroatoms. The summed E-state index contributed by atoms with van der Waals surface area (Å²) in [6.07, 6.45) is 3.11. The highest BCUT2D eigenvalue weighted by atomic mass is 16.6. The lowest BCUT2D eigenvalue weighted by Gasteiger charge is -2.35. The molecule has 1 saturated heterocycles. The SMILES string of the molecule is CCOC(=O)CN1CCCCC1CNc1cc([N+](=O)[O-])ccc1OC. The molecule has 1 unspecified atom stereocenters. The van der Waals surface area contributed by atoms with Gasteiger partial charge in [-0.2, -0.15) is 0 Å². The third-order valence-corrected chi connectivity index (χ3v) is 4.31. The van der Waals surface area contributed by atoms with Gasteiger partial charge in [-0.05, 0) is 32.4 Å². The van der Waals surface area contributed by atoms with Crippen LogP contribution in [0.1, 0.15) is 26.2 Å². The molecule has 1 aromatic rings. The standard InChI is InChI=1S/C17H25N3O5/c1-3-25-17(21)12-19-9-5-4-6-14(19)11-18-15-10-13(20(22)23)7-8-16(15)24-2/h7-8,10,14,18H,3-6,9,11-12H2,1-2H3. The zero-order chi connectivity index (χ0) is 18.2. The molecule has 0 spiro atoms. The van der Waals surface area contributed by atoms with Crippen LogP contribution in [0.15, 0.2) is 18.2 Å². The molecule has 1 aliphatic rings. The normalized spacial score (nSPS) is 17.8. The molecule has 25 heavy (non-hydrogen) atoms. The van der Waals surface area contributed by atoms with E-state index in [2.05, 4.69) is 10.2 Å². The molecule has 1 aromatic carbocycles. The third-order valence-electron chi connectivity index (χ3n) is 4.31. The number of anilines is 1. The summed E-state index contributed by atoms with van der Waals surface area (Å²) in [5, 5.41) is 14.2. The van der Waals surface area contributed by atoms with Gasteiger partial charge in [0.05, 0.1) is 30.9 Å². The van der Waals surface area contributed by atoms with Gasteiger partial charge in [0.2, 0.25) is 0 Å². The number of nitrogens with one attached hydrogen (secondary N) is 1. The van der Waals surface area contributed by atoms with Gasteiger partial charge in [-0.15, -0.1) is 0 Å². The Morgan fingerprint density at radius 2 is 2.24 bits per heavy atom. The van der Waals surface area contributed by atoms with Crippen molar-refractivity contribution in [1.82, 2.24) is 4.90 Å². The molecule has 1 fully saturated rings. The molecule has 0 saturated carbocycles. The molecule has 138 valence electrons. The molecule has 0 radical (unpaired) electrons. The summed E-state index contributed by atoms with van der Waals surface area (Å²) < 4.78 is 10.3. The molecule has 8 nitrogen and oxygen atoms in total. The van der Waals surface area contributed by atoms with Gasteiger partial charge < -0.3 is 14.8 Å². The maximum atomic E-state index is 11.8. The predicted molar refractivity (Wildman–Crippen MR) is 94.0 cm³/mol. The van der Waals surface area contributed by atoms with E-state index in [0.717, 1.165) is 25.8 Å². The lowest BCUT2D eigenvalue weighted by molar-refractivity contribution is -0.384. The fourth-order valence-corrected chi connectivity index (χ4v) is 3.05. The van der Waals surface area contributed by atoms with Crippen molar-refractivity contribution in [3.63, 3.8) is 0 Å². The lowest BCUT2D eigenvalue weighted by atomic mass is 10.0. The lowest BCUT2D eigenvalue weighted by Crippen LogP contribution is -2.46. The highest BCUT2D eigenvalue weighted by Gasteiger charge is 2.25. The number of carbonyl (C=O) groups is 1. The van der Waals surface area contributed by atoms with Crippen molar-refractivity contribution in [2.75, 3.05) is 38.7 Å². The van der Waals surface area contributed by atoms with Crippen molar-refractivity contribution < 1.29 is 19.2 Å². The first-order valence-electron chi connectivity index (χ1n) is 8.51. The Hall–Kier alpha value is -2.35. The molecule has 0 aliphatic carbocycles. The predicted octanol–water partition coefficient (Wildman–Crippen LogP) is 2.43. The quantitative estimate of drug-likeness (QED) is 0.437. The van der Waals surface area contributed by atoms with Crippen molar-refractivity contribution in [3.8, 4) is 5.75 Å². The van der Waals surface area contributed by atoms with Gasteiger partial charge in [0.1, 0.15) is 5.75 Å². The van der Waals surface area contributed by atoms with Gasteiger partial charge in [0.25, 0.3) is 5.69 Å². The summed E-state index contributed by atoms with van der Waals surface area (Å²) >= 11 is 0. The first kappa shape index (κ1) is 19.0. The van der Waals surface area contributed by atoms with Gasteiger partial charge in [-0.3, -0.25) is 19.8 Å². The van der Waals surface area contributed by atoms with Gasteiger partial charge in [-0.1, -0.05) is 6.42 Å². The summed E-state index contributed by atoms with van der Waals surface area (Å²) in [5.74, 6) is 0.334. The maximum absolute atomic E-state index is 11.8. The molecule has 0 aromatic heterocycles. The number of rotatable bonds is 8. The summed E-state index contributed by atoms with van der Waals surface area (Å²) in [6.45, 7) is 3.86. The van der Waals surface area contributed by atoms with Crippen molar-refractivity contribution in [2.24, 2.45) is 0 Å². The van der Waals surface area contributed by atoms with Crippen molar-refractivity contribution in [2.45, 2.75) is 32.2 Å². The minimum Gasteiger partial charge on any atom is -0.495 e. The van der Waals surface area contributed by atoms with Crippen LogP contribution in [-0.4, -0.2) is 55.2 Å². The Labute approximate surface area is 147 Å². The van der Waals surface area contributed by atoms with E-state index in [4.69, 9.17) is 9.47 Å². The van der Waals surface area contributed by atoms with E-state index in [0.29, 0.717) is 24.6 Å². The molecule has 1 N–H and O–H groups in total. The number of methoxy groups -OCH3 is 1. The highest BCUT2D eigenvalue weighted by molar-refractivity contribution is 5.71. The van der Waals surface area contributed by atoms with Crippen LogP contribution < -0.4 is 10.1 Å². The van der Waals surface area contributed by atoms with E-state index in [9.17, 15) is 14.9 Å². The maximum Gasteiger partial charge on any atom is 0.320 e. The zero-order valence-electron chi connectivity index (χ0n) is 14.7. The van der Waals surface area contributed by atoms with Crippen LogP contribution in [0.3, 0.4) is 0 Å². The Balaban J connectivity index is 2.03. The minimum absolute atomic E-state index is 0.00956. The fourth-order valence-electron chi connectivity index (χ4n) is 3.05. The van der Waals surface area contributed by atoms with E-state index in [1.54, 1.807) is 13.0 Å². The summed E-state index contributed by atoms with van der Waals surface area (Å²) in [6, 6.07) is 4.63. The topological polar surface area (TPSA) is 93.9 Å². The second kappa shape index (κ2) is 9.22. The first-order chi connectivity index (χ1) is 12.0. The van der Waals surface area contributed by atoms with E-state index < -0.39 is 4.92 Å². The molecular weight excluding hydrogens is 326 g/mol. The fraction of sp³-hybridized carbons (Fsp3) is 0.588. The van der Waals surface area contributed by atoms with Gasteiger partial charge in [0, 0.05) is 24.7 Å². The number of piperidine rings is 1. The average molecular weight is 351 g/mol. The summed E-state index contributed by atoms with van der Waals surface area (Å²) in [7, 11) is 1.53. The Kier molecular flexibility index (Phi) is 7.00. The summed E-state index contributed by atoms with van der Waals surface area (Å²) in [5.41, 5.74) is 0.591. The monoisotopic (exact) mass is 351 g/mol. The number of hydrogen-bond acceptors (Lipinski definition) is 7. The van der Waals surface area contributed by atoms with E-state index in [-0.39, 0.29) is 24.2 Å². The molecule has 0 amide bonds. The van der Waals surface area contributed by atoms with Gasteiger partial charge in [-0.25, -0.2) is 0 Å². The van der Waals surface area contributed by atoms with E-state index in [1.807, 2.05) is 0 Å². The Morgan fingerprint density at radius 1 is 1.44 bits per heavy atom. The molecular formula is C17H25N3O5. The summed E-state index contributed by atoms with van der Waals surface area (Å²) in [4.78, 5) is 24.4. The van der Waals surface area contributed by atoms with Crippen LogP contribution >= 0.6 is 0 Å². The second-order valence-electron chi connectivity index (χ2n) is 5.95. The minimum atomic E-state index is -0.432. The highest BCUT2D eigenvalue weighted by Crippen LogP contribution is 2.29. The first-order valence-corrected chi connectivity index (χ1v) is 8.51. The second-order valence-corrected chi connectivity index (χ2v) is 5.95. The number of benzene rings is 1. The Bertz CT molecular complexity index is 608. The van der Waals surface area contributed by atoms with Crippen molar-refractivity contribution >= 4 is 17.3 Å². The van der Waals surface area contributed by atoms with Crippen LogP contribution in [0.4, 0.5) is 11.4 Å². The number of hydrogen-bond donors (Lipinski definition) is 1. The van der Waals surface area contributed by atoms with Crippen LogP contribution in [0.2, 0.25) is 0 Å². The number of esters is 1. The average Bonchev–Trinajstić information content (AvgIpc) is 2.60. The zero-order valence-corrected chi connectivity index (χ0v) is 14.7. The molecule has 1 atom stereocenters. The molecule has 2 rings (SSSR count). The number of carbonyl (C=O) groups excluding carboxylic acids is 1.